The van der Waals surface area contributed by atoms with Gasteiger partial charge in [-0.1, -0.05) is 44.2 Å². The number of hydrogen-bond donors (Lipinski definition) is 1. The molecule has 1 N–H and O–H groups in total. The SMILES string of the molecule is CCN(CC)C(CN1CCC(CNC)C1)c1ccccc1. The molecule has 2 rings (SSSR count). The summed E-state index contributed by atoms with van der Waals surface area (Å²) in [6, 6.07) is 11.5. The van der Waals surface area contributed by atoms with Crippen molar-refractivity contribution in [2.75, 3.05) is 46.3 Å². The van der Waals surface area contributed by atoms with Crippen LogP contribution in [0.2, 0.25) is 0 Å². The molecule has 0 amide bonds. The van der Waals surface area contributed by atoms with E-state index in [2.05, 4.69) is 66.3 Å². The topological polar surface area (TPSA) is 18.5 Å². The van der Waals surface area contributed by atoms with E-state index in [0.717, 1.165) is 32.1 Å². The second kappa shape index (κ2) is 8.52. The minimum Gasteiger partial charge on any atom is -0.319 e. The zero-order chi connectivity index (χ0) is 15.1. The van der Waals surface area contributed by atoms with Gasteiger partial charge in [0.1, 0.15) is 0 Å². The normalized spacial score (nSPS) is 21.0. The van der Waals surface area contributed by atoms with Gasteiger partial charge in [-0.3, -0.25) is 4.90 Å². The first-order valence-electron chi connectivity index (χ1n) is 8.44. The molecule has 1 saturated heterocycles. The maximum atomic E-state index is 3.32. The second-order valence-electron chi connectivity index (χ2n) is 6.12. The Balaban J connectivity index is 2.03. The van der Waals surface area contributed by atoms with Gasteiger partial charge >= 0.3 is 0 Å². The fourth-order valence-corrected chi connectivity index (χ4v) is 3.55. The Morgan fingerprint density at radius 1 is 1.24 bits per heavy atom. The third-order valence-electron chi connectivity index (χ3n) is 4.73. The summed E-state index contributed by atoms with van der Waals surface area (Å²) in [5.74, 6) is 0.822. The van der Waals surface area contributed by atoms with Gasteiger partial charge in [-0.25, -0.2) is 0 Å². The molecule has 0 radical (unpaired) electrons. The van der Waals surface area contributed by atoms with Crippen LogP contribution >= 0.6 is 0 Å². The average Bonchev–Trinajstić information content (AvgIpc) is 2.96. The minimum atomic E-state index is 0.523. The summed E-state index contributed by atoms with van der Waals surface area (Å²) in [6.45, 7) is 11.6. The van der Waals surface area contributed by atoms with Crippen molar-refractivity contribution < 1.29 is 0 Å². The molecule has 0 aliphatic carbocycles. The van der Waals surface area contributed by atoms with Crippen molar-refractivity contribution in [1.82, 2.24) is 15.1 Å². The van der Waals surface area contributed by atoms with E-state index in [0.29, 0.717) is 6.04 Å². The molecule has 1 aromatic rings. The van der Waals surface area contributed by atoms with Crippen LogP contribution in [-0.2, 0) is 0 Å². The lowest BCUT2D eigenvalue weighted by molar-refractivity contribution is 0.161. The van der Waals surface area contributed by atoms with Gasteiger partial charge < -0.3 is 10.2 Å². The number of likely N-dealkylation sites (tertiary alicyclic amines) is 1. The number of nitrogens with one attached hydrogen (secondary N) is 1. The third kappa shape index (κ3) is 4.53. The van der Waals surface area contributed by atoms with Gasteiger partial charge in [0.25, 0.3) is 0 Å². The Hall–Kier alpha value is -0.900. The quantitative estimate of drug-likeness (QED) is 0.793. The molecule has 0 saturated carbocycles. The third-order valence-corrected chi connectivity index (χ3v) is 4.73. The van der Waals surface area contributed by atoms with Crippen molar-refractivity contribution in [3.8, 4) is 0 Å². The van der Waals surface area contributed by atoms with Crippen molar-refractivity contribution >= 4 is 0 Å². The average molecular weight is 289 g/mol. The van der Waals surface area contributed by atoms with Crippen molar-refractivity contribution in [3.63, 3.8) is 0 Å². The summed E-state index contributed by atoms with van der Waals surface area (Å²) in [7, 11) is 2.06. The number of benzene rings is 1. The summed E-state index contributed by atoms with van der Waals surface area (Å²) in [5.41, 5.74) is 1.46. The van der Waals surface area contributed by atoms with Gasteiger partial charge in [-0.05, 0) is 51.1 Å². The summed E-state index contributed by atoms with van der Waals surface area (Å²) >= 11 is 0. The molecule has 3 nitrogen and oxygen atoms in total. The molecule has 0 spiro atoms. The van der Waals surface area contributed by atoms with Gasteiger partial charge in [0.2, 0.25) is 0 Å². The van der Waals surface area contributed by atoms with E-state index < -0.39 is 0 Å². The first kappa shape index (κ1) is 16.5. The molecule has 1 aliphatic heterocycles. The Kier molecular flexibility index (Phi) is 6.68. The first-order chi connectivity index (χ1) is 10.3. The van der Waals surface area contributed by atoms with Crippen LogP contribution in [0.15, 0.2) is 30.3 Å². The van der Waals surface area contributed by atoms with Crippen LogP contribution < -0.4 is 5.32 Å². The Morgan fingerprint density at radius 3 is 2.57 bits per heavy atom. The van der Waals surface area contributed by atoms with Crippen LogP contribution in [0.25, 0.3) is 0 Å². The van der Waals surface area contributed by atoms with Gasteiger partial charge in [-0.15, -0.1) is 0 Å². The van der Waals surface area contributed by atoms with Crippen LogP contribution in [0.3, 0.4) is 0 Å². The van der Waals surface area contributed by atoms with E-state index in [-0.39, 0.29) is 0 Å². The van der Waals surface area contributed by atoms with Crippen LogP contribution in [-0.4, -0.2) is 56.1 Å². The standard InChI is InChI=1S/C18H31N3/c1-4-21(5-2)18(17-9-7-6-8-10-17)15-20-12-11-16(14-20)13-19-3/h6-10,16,18-19H,4-5,11-15H2,1-3H3. The number of nitrogens with zero attached hydrogens (tertiary/aromatic N) is 2. The van der Waals surface area contributed by atoms with E-state index in [1.165, 1.54) is 25.1 Å². The Bertz CT molecular complexity index is 389. The predicted octanol–water partition coefficient (Wildman–Crippen LogP) is 2.61. The van der Waals surface area contributed by atoms with Crippen LogP contribution in [0.1, 0.15) is 31.9 Å². The largest absolute Gasteiger partial charge is 0.319 e. The molecule has 3 heteroatoms. The molecule has 1 aliphatic rings. The van der Waals surface area contributed by atoms with Crippen molar-refractivity contribution in [2.45, 2.75) is 26.3 Å². The monoisotopic (exact) mass is 289 g/mol. The molecule has 118 valence electrons. The molecule has 2 atom stereocenters. The lowest BCUT2D eigenvalue weighted by atomic mass is 10.0. The highest BCUT2D eigenvalue weighted by Crippen LogP contribution is 2.25. The van der Waals surface area contributed by atoms with E-state index >= 15 is 0 Å². The van der Waals surface area contributed by atoms with Gasteiger partial charge in [0.05, 0.1) is 0 Å². The smallest absolute Gasteiger partial charge is 0.0474 e. The lowest BCUT2D eigenvalue weighted by Gasteiger charge is -2.33. The summed E-state index contributed by atoms with van der Waals surface area (Å²) in [6.07, 6.45) is 1.33. The summed E-state index contributed by atoms with van der Waals surface area (Å²) in [5, 5.41) is 3.32. The van der Waals surface area contributed by atoms with Crippen LogP contribution in [0, 0.1) is 5.92 Å². The van der Waals surface area contributed by atoms with Gasteiger partial charge in [0, 0.05) is 19.1 Å². The van der Waals surface area contributed by atoms with Crippen LogP contribution in [0.4, 0.5) is 0 Å². The zero-order valence-electron chi connectivity index (χ0n) is 13.9. The van der Waals surface area contributed by atoms with E-state index in [4.69, 9.17) is 0 Å². The molecule has 0 aromatic heterocycles. The Morgan fingerprint density at radius 2 is 1.95 bits per heavy atom. The lowest BCUT2D eigenvalue weighted by Crippen LogP contribution is -2.37. The minimum absolute atomic E-state index is 0.523. The molecule has 2 unspecified atom stereocenters. The maximum Gasteiger partial charge on any atom is 0.0474 e. The van der Waals surface area contributed by atoms with E-state index in [1.807, 2.05) is 0 Å². The fraction of sp³-hybridized carbons (Fsp3) is 0.667. The zero-order valence-corrected chi connectivity index (χ0v) is 13.9. The van der Waals surface area contributed by atoms with Crippen LogP contribution in [0.5, 0.6) is 0 Å². The van der Waals surface area contributed by atoms with Crippen molar-refractivity contribution in [3.05, 3.63) is 35.9 Å². The van der Waals surface area contributed by atoms with E-state index in [1.54, 1.807) is 0 Å². The highest BCUT2D eigenvalue weighted by molar-refractivity contribution is 5.19. The van der Waals surface area contributed by atoms with Gasteiger partial charge in [0.15, 0.2) is 0 Å². The van der Waals surface area contributed by atoms with Crippen molar-refractivity contribution in [2.24, 2.45) is 5.92 Å². The molecule has 21 heavy (non-hydrogen) atoms. The predicted molar refractivity (Wildman–Crippen MR) is 90.6 cm³/mol. The number of likely N-dealkylation sites (N-methyl/N-ethyl adjacent to an activating group) is 1. The molecular weight excluding hydrogens is 258 g/mol. The fourth-order valence-electron chi connectivity index (χ4n) is 3.55. The highest BCUT2D eigenvalue weighted by atomic mass is 15.2. The first-order valence-corrected chi connectivity index (χ1v) is 8.44. The highest BCUT2D eigenvalue weighted by Gasteiger charge is 2.26. The molecule has 1 heterocycles. The Labute approximate surface area is 130 Å². The molecule has 1 fully saturated rings. The summed E-state index contributed by atoms with van der Waals surface area (Å²) < 4.78 is 0. The molecular formula is C18H31N3. The maximum absolute atomic E-state index is 3.32. The molecule has 1 aromatic carbocycles. The van der Waals surface area contributed by atoms with Gasteiger partial charge in [-0.2, -0.15) is 0 Å². The number of rotatable bonds is 8. The molecule has 0 bridgehead atoms. The summed E-state index contributed by atoms with van der Waals surface area (Å²) in [4.78, 5) is 5.23. The van der Waals surface area contributed by atoms with Crippen molar-refractivity contribution in [1.29, 1.82) is 0 Å². The van der Waals surface area contributed by atoms with E-state index in [9.17, 15) is 0 Å². The second-order valence-corrected chi connectivity index (χ2v) is 6.12. The number of hydrogen-bond acceptors (Lipinski definition) is 3.